The van der Waals surface area contributed by atoms with Crippen LogP contribution in [0.25, 0.3) is 10.6 Å². The van der Waals surface area contributed by atoms with Crippen LogP contribution in [0.15, 0.2) is 29.6 Å². The lowest BCUT2D eigenvalue weighted by Crippen LogP contribution is -2.17. The Labute approximate surface area is 110 Å². The van der Waals surface area contributed by atoms with Crippen LogP contribution < -0.4 is 11.1 Å². The van der Waals surface area contributed by atoms with Crippen LogP contribution in [0.3, 0.4) is 0 Å². The van der Waals surface area contributed by atoms with Gasteiger partial charge in [-0.1, -0.05) is 0 Å². The van der Waals surface area contributed by atoms with Crippen molar-refractivity contribution in [1.29, 1.82) is 0 Å². The minimum absolute atomic E-state index is 0.223. The van der Waals surface area contributed by atoms with Gasteiger partial charge in [0.25, 0.3) is 0 Å². The Morgan fingerprint density at radius 1 is 1.28 bits per heavy atom. The van der Waals surface area contributed by atoms with Gasteiger partial charge in [0.2, 0.25) is 0 Å². The second kappa shape index (κ2) is 6.58. The predicted octanol–water partition coefficient (Wildman–Crippen LogP) is 2.39. The van der Waals surface area contributed by atoms with Crippen molar-refractivity contribution >= 4 is 11.3 Å². The molecule has 96 valence electrons. The highest BCUT2D eigenvalue weighted by atomic mass is 32.1. The fraction of sp³-hybridized carbons (Fsp3) is 0.308. The van der Waals surface area contributed by atoms with Crippen LogP contribution in [0.2, 0.25) is 0 Å². The van der Waals surface area contributed by atoms with E-state index in [0.717, 1.165) is 35.8 Å². The predicted molar refractivity (Wildman–Crippen MR) is 72.9 cm³/mol. The molecule has 0 aliphatic rings. The molecule has 0 unspecified atom stereocenters. The zero-order valence-corrected chi connectivity index (χ0v) is 10.8. The fourth-order valence-corrected chi connectivity index (χ4v) is 2.38. The average molecular weight is 265 g/mol. The smallest absolute Gasteiger partial charge is 0.123 e. The van der Waals surface area contributed by atoms with E-state index in [4.69, 9.17) is 5.73 Å². The molecule has 2 rings (SSSR count). The number of benzene rings is 1. The van der Waals surface area contributed by atoms with Crippen molar-refractivity contribution in [3.8, 4) is 10.6 Å². The van der Waals surface area contributed by atoms with Crippen molar-refractivity contribution < 1.29 is 4.39 Å². The first-order valence-electron chi connectivity index (χ1n) is 5.90. The number of nitrogens with zero attached hydrogens (tertiary/aromatic N) is 1. The lowest BCUT2D eigenvalue weighted by Gasteiger charge is -2.00. The average Bonchev–Trinajstić information content (AvgIpc) is 2.84. The first-order chi connectivity index (χ1) is 8.79. The SMILES string of the molecule is NCCCNCc1csc(-c2ccc(F)cc2)n1. The summed E-state index contributed by atoms with van der Waals surface area (Å²) in [6.45, 7) is 2.35. The summed E-state index contributed by atoms with van der Waals surface area (Å²) in [5, 5.41) is 6.22. The Bertz CT molecular complexity index is 481. The highest BCUT2D eigenvalue weighted by molar-refractivity contribution is 7.13. The summed E-state index contributed by atoms with van der Waals surface area (Å²) in [6.07, 6.45) is 0.967. The Hall–Kier alpha value is -1.30. The van der Waals surface area contributed by atoms with Gasteiger partial charge >= 0.3 is 0 Å². The molecule has 0 amide bonds. The Balaban J connectivity index is 1.95. The third kappa shape index (κ3) is 3.60. The van der Waals surface area contributed by atoms with Crippen molar-refractivity contribution in [2.75, 3.05) is 13.1 Å². The monoisotopic (exact) mass is 265 g/mol. The summed E-state index contributed by atoms with van der Waals surface area (Å²) >= 11 is 1.57. The third-order valence-electron chi connectivity index (χ3n) is 2.51. The van der Waals surface area contributed by atoms with Gasteiger partial charge in [-0.05, 0) is 43.8 Å². The molecule has 0 atom stereocenters. The molecule has 0 saturated carbocycles. The zero-order chi connectivity index (χ0) is 12.8. The van der Waals surface area contributed by atoms with Crippen molar-refractivity contribution in [3.63, 3.8) is 0 Å². The number of aromatic nitrogens is 1. The van der Waals surface area contributed by atoms with Crippen LogP contribution in [0, 0.1) is 5.82 Å². The first kappa shape index (κ1) is 13.1. The van der Waals surface area contributed by atoms with E-state index in [1.807, 2.05) is 5.38 Å². The van der Waals surface area contributed by atoms with Gasteiger partial charge in [-0.15, -0.1) is 11.3 Å². The highest BCUT2D eigenvalue weighted by Gasteiger charge is 2.04. The largest absolute Gasteiger partial charge is 0.330 e. The van der Waals surface area contributed by atoms with Gasteiger partial charge in [0.1, 0.15) is 10.8 Å². The summed E-state index contributed by atoms with van der Waals surface area (Å²) in [5.41, 5.74) is 7.38. The molecule has 0 radical (unpaired) electrons. The minimum atomic E-state index is -0.223. The Morgan fingerprint density at radius 2 is 2.06 bits per heavy atom. The van der Waals surface area contributed by atoms with Crippen LogP contribution in [0.5, 0.6) is 0 Å². The molecule has 0 bridgehead atoms. The second-order valence-electron chi connectivity index (χ2n) is 3.97. The van der Waals surface area contributed by atoms with Crippen molar-refractivity contribution in [2.45, 2.75) is 13.0 Å². The van der Waals surface area contributed by atoms with Gasteiger partial charge in [-0.25, -0.2) is 9.37 Å². The van der Waals surface area contributed by atoms with E-state index >= 15 is 0 Å². The molecule has 1 aromatic carbocycles. The molecule has 18 heavy (non-hydrogen) atoms. The number of hydrogen-bond donors (Lipinski definition) is 2. The summed E-state index contributed by atoms with van der Waals surface area (Å²) in [4.78, 5) is 4.51. The fourth-order valence-electron chi connectivity index (χ4n) is 1.56. The molecule has 5 heteroatoms. The van der Waals surface area contributed by atoms with Gasteiger partial charge in [0, 0.05) is 17.5 Å². The van der Waals surface area contributed by atoms with Crippen LogP contribution in [-0.4, -0.2) is 18.1 Å². The Kier molecular flexibility index (Phi) is 4.81. The van der Waals surface area contributed by atoms with Gasteiger partial charge in [-0.2, -0.15) is 0 Å². The molecular weight excluding hydrogens is 249 g/mol. The second-order valence-corrected chi connectivity index (χ2v) is 4.83. The zero-order valence-electron chi connectivity index (χ0n) is 10.0. The summed E-state index contributed by atoms with van der Waals surface area (Å²) in [5.74, 6) is -0.223. The molecule has 0 aliphatic carbocycles. The number of thiazole rings is 1. The number of halogens is 1. The van der Waals surface area contributed by atoms with Crippen LogP contribution >= 0.6 is 11.3 Å². The van der Waals surface area contributed by atoms with E-state index in [-0.39, 0.29) is 5.82 Å². The van der Waals surface area contributed by atoms with E-state index in [0.29, 0.717) is 6.54 Å². The topological polar surface area (TPSA) is 50.9 Å². The molecule has 0 fully saturated rings. The Morgan fingerprint density at radius 3 is 2.78 bits per heavy atom. The number of hydrogen-bond acceptors (Lipinski definition) is 4. The maximum Gasteiger partial charge on any atom is 0.123 e. The van der Waals surface area contributed by atoms with Crippen LogP contribution in [0.1, 0.15) is 12.1 Å². The molecular formula is C13H16FN3S. The minimum Gasteiger partial charge on any atom is -0.330 e. The van der Waals surface area contributed by atoms with Gasteiger partial charge in [-0.3, -0.25) is 0 Å². The van der Waals surface area contributed by atoms with Gasteiger partial charge in [0.05, 0.1) is 5.69 Å². The third-order valence-corrected chi connectivity index (χ3v) is 3.45. The summed E-state index contributed by atoms with van der Waals surface area (Å²) in [6, 6.07) is 6.41. The quantitative estimate of drug-likeness (QED) is 0.788. The molecule has 3 N–H and O–H groups in total. The number of rotatable bonds is 6. The van der Waals surface area contributed by atoms with E-state index in [1.165, 1.54) is 12.1 Å². The molecule has 0 aliphatic heterocycles. The normalized spacial score (nSPS) is 10.8. The van der Waals surface area contributed by atoms with E-state index in [2.05, 4.69) is 10.3 Å². The molecule has 3 nitrogen and oxygen atoms in total. The van der Waals surface area contributed by atoms with Crippen LogP contribution in [-0.2, 0) is 6.54 Å². The van der Waals surface area contributed by atoms with Crippen molar-refractivity contribution in [1.82, 2.24) is 10.3 Å². The lowest BCUT2D eigenvalue weighted by atomic mass is 10.2. The summed E-state index contributed by atoms with van der Waals surface area (Å²) in [7, 11) is 0. The highest BCUT2D eigenvalue weighted by Crippen LogP contribution is 2.23. The van der Waals surface area contributed by atoms with Gasteiger partial charge in [0.15, 0.2) is 0 Å². The molecule has 1 aromatic heterocycles. The van der Waals surface area contributed by atoms with E-state index < -0.39 is 0 Å². The molecule has 2 aromatic rings. The number of nitrogens with one attached hydrogen (secondary N) is 1. The molecule has 1 heterocycles. The van der Waals surface area contributed by atoms with Crippen LogP contribution in [0.4, 0.5) is 4.39 Å². The molecule has 0 spiro atoms. The number of nitrogens with two attached hydrogens (primary N) is 1. The maximum atomic E-state index is 12.8. The summed E-state index contributed by atoms with van der Waals surface area (Å²) < 4.78 is 12.8. The van der Waals surface area contributed by atoms with Gasteiger partial charge < -0.3 is 11.1 Å². The van der Waals surface area contributed by atoms with E-state index in [1.54, 1.807) is 23.5 Å². The van der Waals surface area contributed by atoms with Crippen molar-refractivity contribution in [2.24, 2.45) is 5.73 Å². The van der Waals surface area contributed by atoms with Crippen molar-refractivity contribution in [3.05, 3.63) is 41.2 Å². The van der Waals surface area contributed by atoms with E-state index in [9.17, 15) is 4.39 Å². The lowest BCUT2D eigenvalue weighted by molar-refractivity contribution is 0.628. The molecule has 0 saturated heterocycles. The maximum absolute atomic E-state index is 12.8. The standard InChI is InChI=1S/C13H16FN3S/c14-11-4-2-10(3-5-11)13-17-12(9-18-13)8-16-7-1-6-15/h2-5,9,16H,1,6-8,15H2. The first-order valence-corrected chi connectivity index (χ1v) is 6.78.